The molecule has 0 rings (SSSR count). The summed E-state index contributed by atoms with van der Waals surface area (Å²) in [5.74, 6) is -0.778. The second-order valence-electron chi connectivity index (χ2n) is 8.95. The minimum atomic E-state index is -1.53. The van der Waals surface area contributed by atoms with Crippen molar-refractivity contribution in [2.75, 3.05) is 52.6 Å². The highest BCUT2D eigenvalue weighted by molar-refractivity contribution is 5.81. The van der Waals surface area contributed by atoms with E-state index in [0.29, 0.717) is 32.4 Å². The van der Waals surface area contributed by atoms with Gasteiger partial charge in [0.25, 0.3) is 0 Å². The molecule has 0 aromatic rings. The van der Waals surface area contributed by atoms with Crippen LogP contribution in [0, 0.1) is 5.92 Å². The molecule has 0 heterocycles. The second kappa shape index (κ2) is 21.7. The standard InChI is InChI=1S/C24H46N4O10/c1-16(2)19(32)6-5-7-21(33)26-9-8-25-14-22(34)27-10-11-36-12-13-37-24(23(35)28-18(4)31)38-20(15-29)17(3)30/h16-17,20,23-25,29-30,35H,5-15H2,1-4H3,(H,26,33)(H,27,34)(H,28,31). The number of amides is 3. The van der Waals surface area contributed by atoms with Crippen molar-refractivity contribution in [1.29, 1.82) is 0 Å². The Labute approximate surface area is 224 Å². The third-order valence-electron chi connectivity index (χ3n) is 5.09. The van der Waals surface area contributed by atoms with E-state index in [0.717, 1.165) is 0 Å². The molecular formula is C24H46N4O10. The maximum atomic E-state index is 11.8. The van der Waals surface area contributed by atoms with Gasteiger partial charge in [0.15, 0.2) is 6.23 Å². The summed E-state index contributed by atoms with van der Waals surface area (Å²) in [5, 5.41) is 39.4. The van der Waals surface area contributed by atoms with E-state index in [-0.39, 0.29) is 56.4 Å². The Bertz CT molecular complexity index is 693. The zero-order chi connectivity index (χ0) is 28.9. The lowest BCUT2D eigenvalue weighted by atomic mass is 10.0. The molecule has 14 nitrogen and oxygen atoms in total. The molecule has 0 saturated carbocycles. The van der Waals surface area contributed by atoms with Crippen molar-refractivity contribution in [2.24, 2.45) is 5.92 Å². The number of nitrogens with one attached hydrogen (secondary N) is 4. The highest BCUT2D eigenvalue weighted by Crippen LogP contribution is 2.08. The normalized spacial score (nSPS) is 14.4. The molecule has 3 amide bonds. The van der Waals surface area contributed by atoms with Crippen molar-refractivity contribution in [3.05, 3.63) is 0 Å². The van der Waals surface area contributed by atoms with Crippen LogP contribution in [0.15, 0.2) is 0 Å². The van der Waals surface area contributed by atoms with E-state index in [1.54, 1.807) is 0 Å². The molecule has 0 fully saturated rings. The number of hydrogen-bond donors (Lipinski definition) is 7. The maximum absolute atomic E-state index is 11.8. The van der Waals surface area contributed by atoms with E-state index in [9.17, 15) is 34.5 Å². The van der Waals surface area contributed by atoms with Crippen LogP contribution in [0.5, 0.6) is 0 Å². The van der Waals surface area contributed by atoms with Crippen LogP contribution < -0.4 is 21.3 Å². The minimum absolute atomic E-state index is 0.0211. The van der Waals surface area contributed by atoms with Crippen LogP contribution in [-0.2, 0) is 33.4 Å². The number of aliphatic hydroxyl groups excluding tert-OH is 3. The molecule has 14 heteroatoms. The maximum Gasteiger partial charge on any atom is 0.234 e. The van der Waals surface area contributed by atoms with Crippen molar-refractivity contribution in [2.45, 2.75) is 71.7 Å². The summed E-state index contributed by atoms with van der Waals surface area (Å²) in [4.78, 5) is 46.3. The van der Waals surface area contributed by atoms with Crippen LogP contribution in [0.4, 0.5) is 0 Å². The summed E-state index contributed by atoms with van der Waals surface area (Å²) in [7, 11) is 0. The van der Waals surface area contributed by atoms with E-state index >= 15 is 0 Å². The highest BCUT2D eigenvalue weighted by Gasteiger charge is 2.27. The third kappa shape index (κ3) is 19.0. The Balaban J connectivity index is 3.93. The first-order valence-electron chi connectivity index (χ1n) is 12.8. The van der Waals surface area contributed by atoms with Gasteiger partial charge in [-0.25, -0.2) is 0 Å². The summed E-state index contributed by atoms with van der Waals surface area (Å²) in [6.45, 7) is 7.08. The van der Waals surface area contributed by atoms with Gasteiger partial charge in [0.1, 0.15) is 11.9 Å². The molecule has 0 spiro atoms. The quantitative estimate of drug-likeness (QED) is 0.0536. The molecule has 0 bridgehead atoms. The Hall–Kier alpha value is -2.20. The van der Waals surface area contributed by atoms with Gasteiger partial charge in [0.05, 0.1) is 39.1 Å². The first kappa shape index (κ1) is 35.8. The lowest BCUT2D eigenvalue weighted by molar-refractivity contribution is -0.243. The Morgan fingerprint density at radius 2 is 1.55 bits per heavy atom. The molecule has 0 radical (unpaired) electrons. The van der Waals surface area contributed by atoms with Gasteiger partial charge in [-0.2, -0.15) is 0 Å². The Morgan fingerprint density at radius 1 is 0.868 bits per heavy atom. The van der Waals surface area contributed by atoms with Crippen LogP contribution in [0.1, 0.15) is 47.0 Å². The molecule has 0 saturated heterocycles. The predicted octanol–water partition coefficient (Wildman–Crippen LogP) is -2.22. The topological polar surface area (TPSA) is 205 Å². The van der Waals surface area contributed by atoms with Crippen molar-refractivity contribution in [3.63, 3.8) is 0 Å². The smallest absolute Gasteiger partial charge is 0.234 e. The number of aliphatic hydroxyl groups is 3. The van der Waals surface area contributed by atoms with Crippen molar-refractivity contribution < 1.29 is 48.7 Å². The molecule has 0 aliphatic carbocycles. The molecule has 4 atom stereocenters. The van der Waals surface area contributed by atoms with E-state index in [4.69, 9.17) is 14.2 Å². The van der Waals surface area contributed by atoms with E-state index < -0.39 is 37.2 Å². The number of ketones is 1. The van der Waals surface area contributed by atoms with Crippen molar-refractivity contribution >= 4 is 23.5 Å². The van der Waals surface area contributed by atoms with E-state index in [2.05, 4.69) is 21.3 Å². The second-order valence-corrected chi connectivity index (χ2v) is 8.95. The van der Waals surface area contributed by atoms with Gasteiger partial charge < -0.3 is 50.8 Å². The zero-order valence-corrected chi connectivity index (χ0v) is 22.9. The molecular weight excluding hydrogens is 504 g/mol. The fraction of sp³-hybridized carbons (Fsp3) is 0.833. The first-order valence-corrected chi connectivity index (χ1v) is 12.8. The van der Waals surface area contributed by atoms with Gasteiger partial charge in [-0.05, 0) is 13.3 Å². The molecule has 0 aromatic carbocycles. The summed E-state index contributed by atoms with van der Waals surface area (Å²) in [6.07, 6.45) is -3.74. The largest absolute Gasteiger partial charge is 0.394 e. The van der Waals surface area contributed by atoms with Gasteiger partial charge in [0, 0.05) is 45.3 Å². The van der Waals surface area contributed by atoms with Gasteiger partial charge in [-0.3, -0.25) is 19.2 Å². The van der Waals surface area contributed by atoms with Crippen molar-refractivity contribution in [3.8, 4) is 0 Å². The number of hydrogen-bond acceptors (Lipinski definition) is 11. The monoisotopic (exact) mass is 550 g/mol. The molecule has 38 heavy (non-hydrogen) atoms. The number of Topliss-reactive ketones (excluding diaryl/α,β-unsaturated/α-hetero) is 1. The molecule has 222 valence electrons. The Morgan fingerprint density at radius 3 is 2.16 bits per heavy atom. The number of carbonyl (C=O) groups is 4. The summed E-state index contributed by atoms with van der Waals surface area (Å²) in [6, 6.07) is 0. The van der Waals surface area contributed by atoms with E-state index in [1.807, 2.05) is 13.8 Å². The zero-order valence-electron chi connectivity index (χ0n) is 22.9. The van der Waals surface area contributed by atoms with Crippen LogP contribution in [0.2, 0.25) is 0 Å². The molecule has 0 aliphatic heterocycles. The van der Waals surface area contributed by atoms with Crippen molar-refractivity contribution in [1.82, 2.24) is 21.3 Å². The minimum Gasteiger partial charge on any atom is -0.394 e. The fourth-order valence-corrected chi connectivity index (χ4v) is 2.91. The average molecular weight is 551 g/mol. The molecule has 0 aliphatic rings. The lowest BCUT2D eigenvalue weighted by Crippen LogP contribution is -2.48. The lowest BCUT2D eigenvalue weighted by Gasteiger charge is -2.28. The number of carbonyl (C=O) groups excluding carboxylic acids is 4. The molecule has 7 N–H and O–H groups in total. The summed E-state index contributed by atoms with van der Waals surface area (Å²) in [5.41, 5.74) is 0. The summed E-state index contributed by atoms with van der Waals surface area (Å²) < 4.78 is 16.1. The highest BCUT2D eigenvalue weighted by atomic mass is 16.7. The number of ether oxygens (including phenoxy) is 3. The molecule has 0 aromatic heterocycles. The van der Waals surface area contributed by atoms with Gasteiger partial charge >= 0.3 is 0 Å². The Kier molecular flexibility index (Phi) is 20.4. The fourth-order valence-electron chi connectivity index (χ4n) is 2.91. The first-order chi connectivity index (χ1) is 18.0. The van der Waals surface area contributed by atoms with E-state index in [1.165, 1.54) is 13.8 Å². The summed E-state index contributed by atoms with van der Waals surface area (Å²) >= 11 is 0. The van der Waals surface area contributed by atoms with Crippen LogP contribution in [0.25, 0.3) is 0 Å². The third-order valence-corrected chi connectivity index (χ3v) is 5.09. The van der Waals surface area contributed by atoms with Crippen LogP contribution in [0.3, 0.4) is 0 Å². The molecule has 4 unspecified atom stereocenters. The van der Waals surface area contributed by atoms with Gasteiger partial charge in [0.2, 0.25) is 24.0 Å². The van der Waals surface area contributed by atoms with Crippen LogP contribution >= 0.6 is 0 Å². The SMILES string of the molecule is CC(=O)NC(O)C(OCCOCCNC(=O)CNCCNC(=O)CCCC(=O)C(C)C)OC(CO)C(C)O. The predicted molar refractivity (Wildman–Crippen MR) is 137 cm³/mol. The average Bonchev–Trinajstić information content (AvgIpc) is 2.84. The van der Waals surface area contributed by atoms with Gasteiger partial charge in [-0.1, -0.05) is 13.8 Å². The van der Waals surface area contributed by atoms with Gasteiger partial charge in [-0.15, -0.1) is 0 Å². The number of rotatable bonds is 23. The van der Waals surface area contributed by atoms with Crippen LogP contribution in [-0.4, -0.2) is 116 Å².